The van der Waals surface area contributed by atoms with E-state index in [0.717, 1.165) is 0 Å². The fourth-order valence-corrected chi connectivity index (χ4v) is 1.68. The van der Waals surface area contributed by atoms with Gasteiger partial charge in [-0.25, -0.2) is 0 Å². The van der Waals surface area contributed by atoms with Crippen molar-refractivity contribution in [1.29, 1.82) is 0 Å². The first-order valence-electron chi connectivity index (χ1n) is 4.42. The number of ketones is 1. The lowest BCUT2D eigenvalue weighted by atomic mass is 10.2. The minimum absolute atomic E-state index is 0.00292. The highest BCUT2D eigenvalue weighted by atomic mass is 79.9. The second kappa shape index (κ2) is 4.02. The highest BCUT2D eigenvalue weighted by Gasteiger charge is 2.12. The van der Waals surface area contributed by atoms with Crippen molar-refractivity contribution in [2.75, 3.05) is 0 Å². The van der Waals surface area contributed by atoms with Crippen molar-refractivity contribution in [1.82, 2.24) is 9.78 Å². The van der Waals surface area contributed by atoms with E-state index in [0.29, 0.717) is 16.1 Å². The summed E-state index contributed by atoms with van der Waals surface area (Å²) in [7, 11) is 1.74. The normalized spacial score (nSPS) is 10.5. The van der Waals surface area contributed by atoms with Gasteiger partial charge >= 0.3 is 0 Å². The lowest BCUT2D eigenvalue weighted by Gasteiger charge is -1.98. The smallest absolute Gasteiger partial charge is 0.188 e. The van der Waals surface area contributed by atoms with Crippen LogP contribution < -0.4 is 0 Å². The second-order valence-electron chi connectivity index (χ2n) is 3.15. The molecule has 0 amide bonds. The van der Waals surface area contributed by atoms with E-state index in [1.54, 1.807) is 36.1 Å². The van der Waals surface area contributed by atoms with Crippen molar-refractivity contribution in [3.05, 3.63) is 40.5 Å². The number of carbonyl (C=O) groups is 1. The molecule has 0 aliphatic rings. The van der Waals surface area contributed by atoms with Crippen molar-refractivity contribution >= 4 is 21.7 Å². The summed E-state index contributed by atoms with van der Waals surface area (Å²) >= 11 is 3.19. The molecule has 2 rings (SSSR count). The van der Waals surface area contributed by atoms with E-state index >= 15 is 0 Å². The average Bonchev–Trinajstić information content (AvgIpc) is 2.75. The van der Waals surface area contributed by atoms with Crippen LogP contribution in [0.15, 0.2) is 33.5 Å². The molecular formula is C10H9BrN2O2. The summed E-state index contributed by atoms with van der Waals surface area (Å²) in [5, 5.41) is 3.94. The Hall–Kier alpha value is -1.36. The van der Waals surface area contributed by atoms with Gasteiger partial charge in [0.15, 0.2) is 10.5 Å². The van der Waals surface area contributed by atoms with Gasteiger partial charge in [0.1, 0.15) is 11.5 Å². The first kappa shape index (κ1) is 10.2. The van der Waals surface area contributed by atoms with Crippen molar-refractivity contribution in [3.63, 3.8) is 0 Å². The van der Waals surface area contributed by atoms with Gasteiger partial charge < -0.3 is 4.42 Å². The summed E-state index contributed by atoms with van der Waals surface area (Å²) < 4.78 is 7.45. The fourth-order valence-electron chi connectivity index (χ4n) is 1.34. The number of aromatic nitrogens is 2. The monoisotopic (exact) mass is 268 g/mol. The van der Waals surface area contributed by atoms with Crippen LogP contribution in [0.5, 0.6) is 0 Å². The topological polar surface area (TPSA) is 48.0 Å². The van der Waals surface area contributed by atoms with Gasteiger partial charge in [-0.15, -0.1) is 0 Å². The predicted molar refractivity (Wildman–Crippen MR) is 57.7 cm³/mol. The molecule has 5 heteroatoms. The summed E-state index contributed by atoms with van der Waals surface area (Å²) in [6, 6.07) is 5.24. The summed E-state index contributed by atoms with van der Waals surface area (Å²) in [6.45, 7) is 0. The number of nitrogens with zero attached hydrogens (tertiary/aromatic N) is 2. The molecule has 0 aliphatic carbocycles. The third-order valence-electron chi connectivity index (χ3n) is 2.07. The molecule has 0 atom stereocenters. The van der Waals surface area contributed by atoms with Crippen LogP contribution in [0.2, 0.25) is 0 Å². The molecule has 0 aliphatic heterocycles. The Kier molecular flexibility index (Phi) is 2.73. The molecule has 0 N–H and O–H groups in total. The molecule has 0 bridgehead atoms. The van der Waals surface area contributed by atoms with Gasteiger partial charge in [0.2, 0.25) is 0 Å². The van der Waals surface area contributed by atoms with E-state index in [1.807, 2.05) is 0 Å². The van der Waals surface area contributed by atoms with Crippen LogP contribution in [0.1, 0.15) is 16.2 Å². The van der Waals surface area contributed by atoms with Gasteiger partial charge in [-0.1, -0.05) is 0 Å². The van der Waals surface area contributed by atoms with E-state index in [-0.39, 0.29) is 12.2 Å². The molecule has 78 valence electrons. The number of Topliss-reactive ketones (excluding diaryl/α,β-unsaturated/α-hetero) is 1. The third-order valence-corrected chi connectivity index (χ3v) is 2.50. The number of rotatable bonds is 3. The number of hydrogen-bond acceptors (Lipinski definition) is 3. The SMILES string of the molecule is Cn1nccc1C(=O)Cc1ccc(Br)o1. The van der Waals surface area contributed by atoms with Crippen LogP contribution in [-0.4, -0.2) is 15.6 Å². The van der Waals surface area contributed by atoms with Crippen molar-refractivity contribution in [2.45, 2.75) is 6.42 Å². The van der Waals surface area contributed by atoms with Crippen LogP contribution in [-0.2, 0) is 13.5 Å². The number of aryl methyl sites for hydroxylation is 1. The molecule has 2 aromatic heterocycles. The maximum atomic E-state index is 11.8. The Morgan fingerprint density at radius 3 is 2.87 bits per heavy atom. The number of furan rings is 1. The minimum Gasteiger partial charge on any atom is -0.454 e. The molecule has 0 unspecified atom stereocenters. The summed E-state index contributed by atoms with van der Waals surface area (Å²) in [4.78, 5) is 11.8. The van der Waals surface area contributed by atoms with Gasteiger partial charge in [-0.05, 0) is 34.1 Å². The predicted octanol–water partition coefficient (Wildman–Crippen LogP) is 2.20. The summed E-state index contributed by atoms with van der Waals surface area (Å²) in [5.74, 6) is 0.643. The maximum Gasteiger partial charge on any atom is 0.188 e. The molecule has 0 saturated heterocycles. The zero-order valence-corrected chi connectivity index (χ0v) is 9.69. The third kappa shape index (κ3) is 2.18. The maximum absolute atomic E-state index is 11.8. The molecule has 2 aromatic rings. The van der Waals surface area contributed by atoms with Gasteiger partial charge in [-0.2, -0.15) is 5.10 Å². The van der Waals surface area contributed by atoms with Gasteiger partial charge in [-0.3, -0.25) is 9.48 Å². The van der Waals surface area contributed by atoms with Crippen LogP contribution in [0.4, 0.5) is 0 Å². The van der Waals surface area contributed by atoms with Gasteiger partial charge in [0.05, 0.1) is 6.42 Å². The molecule has 4 nitrogen and oxygen atoms in total. The Morgan fingerprint density at radius 1 is 1.53 bits per heavy atom. The number of carbonyl (C=O) groups excluding carboxylic acids is 1. The molecule has 0 spiro atoms. The van der Waals surface area contributed by atoms with E-state index < -0.39 is 0 Å². The van der Waals surface area contributed by atoms with Crippen molar-refractivity contribution in [3.8, 4) is 0 Å². The molecule has 15 heavy (non-hydrogen) atoms. The van der Waals surface area contributed by atoms with Gasteiger partial charge in [0.25, 0.3) is 0 Å². The highest BCUT2D eigenvalue weighted by molar-refractivity contribution is 9.10. The first-order chi connectivity index (χ1) is 7.16. The minimum atomic E-state index is -0.00292. The number of hydrogen-bond donors (Lipinski definition) is 0. The largest absolute Gasteiger partial charge is 0.454 e. The van der Waals surface area contributed by atoms with Crippen molar-refractivity contribution in [2.24, 2.45) is 7.05 Å². The van der Waals surface area contributed by atoms with Crippen LogP contribution >= 0.6 is 15.9 Å². The van der Waals surface area contributed by atoms with Gasteiger partial charge in [0, 0.05) is 13.2 Å². The lowest BCUT2D eigenvalue weighted by molar-refractivity contribution is 0.0977. The van der Waals surface area contributed by atoms with E-state index in [4.69, 9.17) is 4.42 Å². The quantitative estimate of drug-likeness (QED) is 0.802. The zero-order chi connectivity index (χ0) is 10.8. The zero-order valence-electron chi connectivity index (χ0n) is 8.11. The second-order valence-corrected chi connectivity index (χ2v) is 3.93. The lowest BCUT2D eigenvalue weighted by Crippen LogP contribution is -2.09. The molecule has 0 fully saturated rings. The number of halogens is 1. The molecule has 2 heterocycles. The van der Waals surface area contributed by atoms with Crippen LogP contribution in [0.25, 0.3) is 0 Å². The molecule has 0 aromatic carbocycles. The molecular weight excluding hydrogens is 260 g/mol. The molecule has 0 radical (unpaired) electrons. The highest BCUT2D eigenvalue weighted by Crippen LogP contribution is 2.15. The van der Waals surface area contributed by atoms with Crippen LogP contribution in [0, 0.1) is 0 Å². The Balaban J connectivity index is 2.14. The average molecular weight is 269 g/mol. The summed E-state index contributed by atoms with van der Waals surface area (Å²) in [5.41, 5.74) is 0.586. The van der Waals surface area contributed by atoms with E-state index in [2.05, 4.69) is 21.0 Å². The standard InChI is InChI=1S/C10H9BrN2O2/c1-13-8(4-5-12-13)9(14)6-7-2-3-10(11)15-7/h2-5H,6H2,1H3. The Morgan fingerprint density at radius 2 is 2.33 bits per heavy atom. The molecule has 0 saturated carbocycles. The Bertz CT molecular complexity index is 487. The summed E-state index contributed by atoms with van der Waals surface area (Å²) in [6.07, 6.45) is 1.86. The first-order valence-corrected chi connectivity index (χ1v) is 5.21. The Labute approximate surface area is 95.0 Å². The van der Waals surface area contributed by atoms with Crippen LogP contribution in [0.3, 0.4) is 0 Å². The van der Waals surface area contributed by atoms with Crippen molar-refractivity contribution < 1.29 is 9.21 Å². The fraction of sp³-hybridized carbons (Fsp3) is 0.200. The van der Waals surface area contributed by atoms with E-state index in [1.165, 1.54) is 0 Å². The van der Waals surface area contributed by atoms with E-state index in [9.17, 15) is 4.79 Å².